The summed E-state index contributed by atoms with van der Waals surface area (Å²) in [4.78, 5) is 26.6. The first-order chi connectivity index (χ1) is 16.1. The molecule has 4 atom stereocenters. The second-order valence-corrected chi connectivity index (χ2v) is 10.4. The molecule has 0 aromatic heterocycles. The molecule has 1 fully saturated rings. The maximum Gasteiger partial charge on any atom is 0.233 e. The molecule has 0 spiro atoms. The molecule has 1 aliphatic carbocycles. The number of aromatic hydroxyl groups is 1. The number of benzene rings is 1. The fourth-order valence-corrected chi connectivity index (χ4v) is 5.99. The number of rotatable bonds is 9. The fourth-order valence-electron chi connectivity index (χ4n) is 5.36. The number of fused-ring (bicyclic) bond motifs is 1. The number of allylic oxidation sites excluding steroid dienone is 2. The zero-order chi connectivity index (χ0) is 25.2. The predicted molar refractivity (Wildman–Crippen MR) is 138 cm³/mol. The van der Waals surface area contributed by atoms with E-state index in [-0.39, 0.29) is 24.2 Å². The third kappa shape index (κ3) is 5.18. The van der Waals surface area contributed by atoms with Crippen LogP contribution in [0.25, 0.3) is 6.08 Å². The summed E-state index contributed by atoms with van der Waals surface area (Å²) in [6.45, 7) is 3.76. The number of aliphatic hydroxyl groups excluding tert-OH is 2. The summed E-state index contributed by atoms with van der Waals surface area (Å²) in [6, 6.07) is 3.63. The average molecular weight is 583 g/mol. The maximum atomic E-state index is 12.8. The summed E-state index contributed by atoms with van der Waals surface area (Å²) in [5.74, 6) is -1.52. The topological polar surface area (TPSA) is 107 Å². The van der Waals surface area contributed by atoms with E-state index in [1.54, 1.807) is 6.07 Å². The van der Waals surface area contributed by atoms with Crippen molar-refractivity contribution in [1.82, 2.24) is 4.90 Å². The molecule has 0 unspecified atom stereocenters. The zero-order valence-electron chi connectivity index (χ0n) is 20.2. The highest BCUT2D eigenvalue weighted by Crippen LogP contribution is 2.47. The van der Waals surface area contributed by atoms with E-state index in [1.165, 1.54) is 19.1 Å². The molecule has 34 heavy (non-hydrogen) atoms. The number of nitrogens with zero attached hydrogens (tertiary/aromatic N) is 1. The van der Waals surface area contributed by atoms with E-state index in [4.69, 9.17) is 4.74 Å². The van der Waals surface area contributed by atoms with Gasteiger partial charge in [-0.15, -0.1) is 0 Å². The summed E-state index contributed by atoms with van der Waals surface area (Å²) in [6.07, 6.45) is 4.32. The first-order valence-electron chi connectivity index (χ1n) is 11.7. The second kappa shape index (κ2) is 11.2. The molecule has 2 amide bonds. The van der Waals surface area contributed by atoms with E-state index < -0.39 is 23.9 Å². The first-order valence-corrected chi connectivity index (χ1v) is 12.8. The lowest BCUT2D eigenvalue weighted by Gasteiger charge is -2.36. The summed E-state index contributed by atoms with van der Waals surface area (Å²) in [7, 11) is 3.01. The Kier molecular flexibility index (Phi) is 8.81. The Bertz CT molecular complexity index is 1020. The van der Waals surface area contributed by atoms with Gasteiger partial charge in [0.05, 0.1) is 35.2 Å². The molecule has 0 radical (unpaired) electrons. The van der Waals surface area contributed by atoms with Gasteiger partial charge in [-0.2, -0.15) is 0 Å². The number of hydrogen-bond acceptors (Lipinski definition) is 6. The molecule has 1 aromatic carbocycles. The van der Waals surface area contributed by atoms with E-state index in [0.717, 1.165) is 35.1 Å². The van der Waals surface area contributed by atoms with Gasteiger partial charge in [-0.3, -0.25) is 14.5 Å². The van der Waals surface area contributed by atoms with Gasteiger partial charge in [-0.1, -0.05) is 30.6 Å². The van der Waals surface area contributed by atoms with Crippen LogP contribution < -0.4 is 4.74 Å². The van der Waals surface area contributed by atoms with Crippen molar-refractivity contribution >= 4 is 40.5 Å². The highest BCUT2D eigenvalue weighted by molar-refractivity contribution is 14.1. The molecule has 0 bridgehead atoms. The Morgan fingerprint density at radius 1 is 1.32 bits per heavy atom. The lowest BCUT2D eigenvalue weighted by atomic mass is 9.67. The van der Waals surface area contributed by atoms with Crippen molar-refractivity contribution in [3.8, 4) is 11.5 Å². The van der Waals surface area contributed by atoms with Gasteiger partial charge in [0.15, 0.2) is 11.5 Å². The van der Waals surface area contributed by atoms with Gasteiger partial charge in [0.25, 0.3) is 0 Å². The quantitative estimate of drug-likeness (QED) is 0.232. The third-order valence-electron chi connectivity index (χ3n) is 7.01. The lowest BCUT2D eigenvalue weighted by Crippen LogP contribution is -2.39. The van der Waals surface area contributed by atoms with Crippen molar-refractivity contribution in [2.75, 3.05) is 20.8 Å². The van der Waals surface area contributed by atoms with E-state index >= 15 is 0 Å². The molecule has 3 N–H and O–H groups in total. The van der Waals surface area contributed by atoms with Gasteiger partial charge in [0, 0.05) is 13.0 Å². The Morgan fingerprint density at radius 2 is 2.03 bits per heavy atom. The molecule has 8 heteroatoms. The largest absolute Gasteiger partial charge is 0.504 e. The van der Waals surface area contributed by atoms with Crippen LogP contribution in [0.3, 0.4) is 0 Å². The molecule has 1 saturated heterocycles. The number of carbonyl (C=O) groups is 2. The van der Waals surface area contributed by atoms with Crippen LogP contribution in [-0.4, -0.2) is 58.9 Å². The standard InChI is InChI=1S/C26H34INO6/c1-5-6-16-12-17-23(26(33)28(3)25(17)32)18(13-29)22(16)20(30)8-7-14(2)9-15-10-19(27)24(31)21(11-15)34-4/h9-11,17-18,20,23,29-31H,5-8,12-13H2,1-4H3/b14-9+/t17-,18+,20-,23-/m1/s1. The van der Waals surface area contributed by atoms with Crippen LogP contribution in [0, 0.1) is 21.3 Å². The smallest absolute Gasteiger partial charge is 0.233 e. The number of hydrogen-bond donors (Lipinski definition) is 3. The Morgan fingerprint density at radius 3 is 2.65 bits per heavy atom. The molecular weight excluding hydrogens is 549 g/mol. The number of carbonyl (C=O) groups excluding carboxylic acids is 2. The number of methoxy groups -OCH3 is 1. The minimum atomic E-state index is -0.800. The van der Waals surface area contributed by atoms with Gasteiger partial charge in [0.1, 0.15) is 0 Å². The van der Waals surface area contributed by atoms with Crippen LogP contribution >= 0.6 is 22.6 Å². The van der Waals surface area contributed by atoms with Crippen LogP contribution in [0.1, 0.15) is 51.5 Å². The van der Waals surface area contributed by atoms with Crippen LogP contribution in [0.2, 0.25) is 0 Å². The zero-order valence-corrected chi connectivity index (χ0v) is 22.3. The van der Waals surface area contributed by atoms with Gasteiger partial charge in [-0.25, -0.2) is 0 Å². The summed E-state index contributed by atoms with van der Waals surface area (Å²) >= 11 is 2.06. The predicted octanol–water partition coefficient (Wildman–Crippen LogP) is 3.89. The molecule has 2 aliphatic rings. The van der Waals surface area contributed by atoms with Crippen LogP contribution in [0.4, 0.5) is 0 Å². The van der Waals surface area contributed by atoms with Gasteiger partial charge in [0.2, 0.25) is 11.8 Å². The number of likely N-dealkylation sites (tertiary alicyclic amines) is 1. The highest BCUT2D eigenvalue weighted by Gasteiger charge is 2.53. The van der Waals surface area contributed by atoms with Gasteiger partial charge in [-0.05, 0) is 78.5 Å². The second-order valence-electron chi connectivity index (χ2n) is 9.27. The van der Waals surface area contributed by atoms with Crippen molar-refractivity contribution in [3.63, 3.8) is 0 Å². The van der Waals surface area contributed by atoms with Crippen molar-refractivity contribution in [1.29, 1.82) is 0 Å². The summed E-state index contributed by atoms with van der Waals surface area (Å²) < 4.78 is 5.92. The van der Waals surface area contributed by atoms with E-state index in [0.29, 0.717) is 28.6 Å². The van der Waals surface area contributed by atoms with Crippen molar-refractivity contribution in [2.24, 2.45) is 17.8 Å². The number of ether oxygens (including phenoxy) is 1. The maximum absolute atomic E-state index is 12.8. The molecule has 186 valence electrons. The molecule has 1 aliphatic heterocycles. The summed E-state index contributed by atoms with van der Waals surface area (Å²) in [5, 5.41) is 31.5. The molecule has 1 aromatic rings. The number of amides is 2. The minimum Gasteiger partial charge on any atom is -0.504 e. The Labute approximate surface area is 214 Å². The van der Waals surface area contributed by atoms with Crippen molar-refractivity contribution < 1.29 is 29.6 Å². The number of aliphatic hydroxyl groups is 2. The molecule has 0 saturated carbocycles. The highest BCUT2D eigenvalue weighted by atomic mass is 127. The lowest BCUT2D eigenvalue weighted by molar-refractivity contribution is -0.138. The van der Waals surface area contributed by atoms with E-state index in [2.05, 4.69) is 22.6 Å². The monoisotopic (exact) mass is 583 g/mol. The fraction of sp³-hybridized carbons (Fsp3) is 0.538. The molecule has 1 heterocycles. The van der Waals surface area contributed by atoms with Gasteiger partial charge < -0.3 is 20.1 Å². The third-order valence-corrected chi connectivity index (χ3v) is 7.83. The number of phenolic OH excluding ortho intramolecular Hbond substituents is 1. The Hall–Kier alpha value is -1.91. The molecule has 3 rings (SSSR count). The molecular formula is C26H34INO6. The average Bonchev–Trinajstić information content (AvgIpc) is 3.02. The number of phenols is 1. The minimum absolute atomic E-state index is 0.111. The van der Waals surface area contributed by atoms with Crippen molar-refractivity contribution in [3.05, 3.63) is 38.0 Å². The van der Waals surface area contributed by atoms with Crippen molar-refractivity contribution in [2.45, 2.75) is 52.1 Å². The van der Waals surface area contributed by atoms with E-state index in [9.17, 15) is 24.9 Å². The summed E-state index contributed by atoms with van der Waals surface area (Å²) in [5.41, 5.74) is 3.69. The first kappa shape index (κ1) is 26.7. The normalized spacial score (nSPS) is 24.0. The van der Waals surface area contributed by atoms with Gasteiger partial charge >= 0.3 is 0 Å². The SMILES string of the molecule is CCCC1=C([C@H](O)CC/C(C)=C/c2cc(I)c(O)c(OC)c2)[C@H](CO)[C@@H]2C(=O)N(C)C(=O)[C@@H]2C1. The van der Waals surface area contributed by atoms with E-state index in [1.807, 2.05) is 26.0 Å². The number of halogens is 1. The van der Waals surface area contributed by atoms with Crippen LogP contribution in [-0.2, 0) is 9.59 Å². The van der Waals surface area contributed by atoms with Crippen LogP contribution in [0.5, 0.6) is 11.5 Å². The van der Waals surface area contributed by atoms with Crippen LogP contribution in [0.15, 0.2) is 28.9 Å². The Balaban J connectivity index is 1.82. The molecule has 7 nitrogen and oxygen atoms in total. The number of imide groups is 1.